The Kier molecular flexibility index (Phi) is 8.80. The van der Waals surface area contributed by atoms with Gasteiger partial charge in [-0.1, -0.05) is 45.7 Å². The van der Waals surface area contributed by atoms with E-state index in [-0.39, 0.29) is 0 Å². The Hall–Kier alpha value is -1.31. The SMILES string of the molecule is CCCCCOc1ccc(C(CC)CCC(=O)CC)cc1. The lowest BCUT2D eigenvalue weighted by Gasteiger charge is -2.15. The molecule has 0 spiro atoms. The van der Waals surface area contributed by atoms with Crippen LogP contribution in [0.4, 0.5) is 0 Å². The van der Waals surface area contributed by atoms with Crippen molar-refractivity contribution in [2.45, 2.75) is 71.6 Å². The van der Waals surface area contributed by atoms with Crippen molar-refractivity contribution in [3.63, 3.8) is 0 Å². The van der Waals surface area contributed by atoms with Gasteiger partial charge in [-0.05, 0) is 42.9 Å². The quantitative estimate of drug-likeness (QED) is 0.502. The summed E-state index contributed by atoms with van der Waals surface area (Å²) >= 11 is 0. The van der Waals surface area contributed by atoms with Crippen molar-refractivity contribution < 1.29 is 9.53 Å². The van der Waals surface area contributed by atoms with E-state index in [1.807, 2.05) is 6.92 Å². The Balaban J connectivity index is 2.48. The average Bonchev–Trinajstić information content (AvgIpc) is 2.53. The summed E-state index contributed by atoms with van der Waals surface area (Å²) < 4.78 is 5.74. The summed E-state index contributed by atoms with van der Waals surface area (Å²) in [5.74, 6) is 1.80. The van der Waals surface area contributed by atoms with Crippen molar-refractivity contribution >= 4 is 5.78 Å². The molecule has 0 heterocycles. The van der Waals surface area contributed by atoms with Crippen molar-refractivity contribution in [2.24, 2.45) is 0 Å². The van der Waals surface area contributed by atoms with Gasteiger partial charge in [0, 0.05) is 12.8 Å². The molecule has 0 aliphatic carbocycles. The molecule has 0 saturated heterocycles. The molecule has 0 radical (unpaired) electrons. The molecular formula is C19H30O2. The summed E-state index contributed by atoms with van der Waals surface area (Å²) in [4.78, 5) is 11.5. The van der Waals surface area contributed by atoms with E-state index in [2.05, 4.69) is 38.1 Å². The van der Waals surface area contributed by atoms with E-state index in [0.717, 1.165) is 31.6 Å². The number of ether oxygens (including phenoxy) is 1. The minimum Gasteiger partial charge on any atom is -0.494 e. The maximum atomic E-state index is 11.5. The van der Waals surface area contributed by atoms with Crippen LogP contribution in [0, 0.1) is 0 Å². The van der Waals surface area contributed by atoms with Crippen LogP contribution in [0.5, 0.6) is 5.75 Å². The van der Waals surface area contributed by atoms with Crippen molar-refractivity contribution in [2.75, 3.05) is 6.61 Å². The Morgan fingerprint density at radius 3 is 2.38 bits per heavy atom. The number of carbonyl (C=O) groups excluding carboxylic acids is 1. The largest absolute Gasteiger partial charge is 0.494 e. The van der Waals surface area contributed by atoms with Gasteiger partial charge in [-0.25, -0.2) is 0 Å². The third-order valence-corrected chi connectivity index (χ3v) is 4.03. The van der Waals surface area contributed by atoms with Crippen LogP contribution < -0.4 is 4.74 Å². The zero-order valence-corrected chi connectivity index (χ0v) is 13.9. The number of Topliss-reactive ketones (excluding diaryl/α,β-unsaturated/α-hetero) is 1. The predicted octanol–water partition coefficient (Wildman–Crippen LogP) is 5.51. The van der Waals surface area contributed by atoms with E-state index in [1.54, 1.807) is 0 Å². The van der Waals surface area contributed by atoms with Crippen LogP contribution in [-0.2, 0) is 4.79 Å². The van der Waals surface area contributed by atoms with Gasteiger partial charge in [-0.3, -0.25) is 4.79 Å². The summed E-state index contributed by atoms with van der Waals surface area (Å²) in [5.41, 5.74) is 1.32. The fourth-order valence-corrected chi connectivity index (χ4v) is 2.50. The van der Waals surface area contributed by atoms with Gasteiger partial charge in [0.1, 0.15) is 11.5 Å². The molecule has 2 nitrogen and oxygen atoms in total. The van der Waals surface area contributed by atoms with Gasteiger partial charge in [-0.2, -0.15) is 0 Å². The zero-order valence-electron chi connectivity index (χ0n) is 13.9. The summed E-state index contributed by atoms with van der Waals surface area (Å²) in [6, 6.07) is 8.43. The molecule has 118 valence electrons. The third-order valence-electron chi connectivity index (χ3n) is 4.03. The third kappa shape index (κ3) is 6.79. The number of unbranched alkanes of at least 4 members (excludes halogenated alkanes) is 2. The van der Waals surface area contributed by atoms with E-state index in [4.69, 9.17) is 4.74 Å². The molecule has 1 atom stereocenters. The predicted molar refractivity (Wildman–Crippen MR) is 89.0 cm³/mol. The van der Waals surface area contributed by atoms with Gasteiger partial charge in [0.2, 0.25) is 0 Å². The second-order valence-corrected chi connectivity index (χ2v) is 5.66. The van der Waals surface area contributed by atoms with Gasteiger partial charge in [0.05, 0.1) is 6.61 Å². The molecule has 0 aliphatic heterocycles. The van der Waals surface area contributed by atoms with Gasteiger partial charge in [-0.15, -0.1) is 0 Å². The first-order valence-corrected chi connectivity index (χ1v) is 8.45. The molecule has 0 bridgehead atoms. The summed E-state index contributed by atoms with van der Waals surface area (Å²) in [5, 5.41) is 0. The van der Waals surface area contributed by atoms with Crippen LogP contribution >= 0.6 is 0 Å². The number of ketones is 1. The van der Waals surface area contributed by atoms with Crippen LogP contribution in [0.2, 0.25) is 0 Å². The lowest BCUT2D eigenvalue weighted by atomic mass is 9.91. The average molecular weight is 290 g/mol. The maximum Gasteiger partial charge on any atom is 0.132 e. The number of rotatable bonds is 11. The minimum absolute atomic E-state index is 0.365. The molecule has 1 aromatic rings. The molecule has 1 aromatic carbocycles. The molecule has 21 heavy (non-hydrogen) atoms. The second kappa shape index (κ2) is 10.4. The fraction of sp³-hybridized carbons (Fsp3) is 0.632. The molecule has 0 aliphatic rings. The summed E-state index contributed by atoms with van der Waals surface area (Å²) in [6.07, 6.45) is 6.95. The number of hydrogen-bond donors (Lipinski definition) is 0. The molecule has 0 fully saturated rings. The highest BCUT2D eigenvalue weighted by atomic mass is 16.5. The van der Waals surface area contributed by atoms with Crippen molar-refractivity contribution in [3.05, 3.63) is 29.8 Å². The van der Waals surface area contributed by atoms with E-state index in [0.29, 0.717) is 24.5 Å². The fourth-order valence-electron chi connectivity index (χ4n) is 2.50. The normalized spacial score (nSPS) is 12.1. The van der Waals surface area contributed by atoms with Crippen LogP contribution in [0.15, 0.2) is 24.3 Å². The molecule has 1 unspecified atom stereocenters. The smallest absolute Gasteiger partial charge is 0.132 e. The van der Waals surface area contributed by atoms with Crippen LogP contribution in [0.25, 0.3) is 0 Å². The lowest BCUT2D eigenvalue weighted by molar-refractivity contribution is -0.118. The highest BCUT2D eigenvalue weighted by Crippen LogP contribution is 2.26. The number of carbonyl (C=O) groups is 1. The van der Waals surface area contributed by atoms with Gasteiger partial charge < -0.3 is 4.74 Å². The second-order valence-electron chi connectivity index (χ2n) is 5.66. The molecular weight excluding hydrogens is 260 g/mol. The monoisotopic (exact) mass is 290 g/mol. The zero-order chi connectivity index (χ0) is 15.5. The minimum atomic E-state index is 0.365. The van der Waals surface area contributed by atoms with Crippen molar-refractivity contribution in [1.29, 1.82) is 0 Å². The maximum absolute atomic E-state index is 11.5. The number of benzene rings is 1. The Bertz CT molecular complexity index is 395. The van der Waals surface area contributed by atoms with Gasteiger partial charge >= 0.3 is 0 Å². The van der Waals surface area contributed by atoms with Gasteiger partial charge in [0.15, 0.2) is 0 Å². The lowest BCUT2D eigenvalue weighted by Crippen LogP contribution is -2.03. The molecule has 0 aromatic heterocycles. The molecule has 0 N–H and O–H groups in total. The topological polar surface area (TPSA) is 26.3 Å². The Morgan fingerprint density at radius 2 is 1.81 bits per heavy atom. The van der Waals surface area contributed by atoms with Crippen molar-refractivity contribution in [1.82, 2.24) is 0 Å². The van der Waals surface area contributed by atoms with E-state index in [9.17, 15) is 4.79 Å². The van der Waals surface area contributed by atoms with Crippen molar-refractivity contribution in [3.8, 4) is 5.75 Å². The summed E-state index contributed by atoms with van der Waals surface area (Å²) in [7, 11) is 0. The first-order valence-electron chi connectivity index (χ1n) is 8.45. The van der Waals surface area contributed by atoms with Crippen LogP contribution in [0.3, 0.4) is 0 Å². The van der Waals surface area contributed by atoms with Gasteiger partial charge in [0.25, 0.3) is 0 Å². The molecule has 1 rings (SSSR count). The van der Waals surface area contributed by atoms with E-state index in [1.165, 1.54) is 18.4 Å². The Morgan fingerprint density at radius 1 is 1.10 bits per heavy atom. The van der Waals surface area contributed by atoms with E-state index < -0.39 is 0 Å². The summed E-state index contributed by atoms with van der Waals surface area (Å²) in [6.45, 7) is 7.13. The first-order chi connectivity index (χ1) is 10.2. The highest BCUT2D eigenvalue weighted by molar-refractivity contribution is 5.78. The number of hydrogen-bond acceptors (Lipinski definition) is 2. The molecule has 0 saturated carbocycles. The Labute approximate surface area is 129 Å². The first kappa shape index (κ1) is 17.7. The van der Waals surface area contributed by atoms with E-state index >= 15 is 0 Å². The molecule has 0 amide bonds. The van der Waals surface area contributed by atoms with Crippen LogP contribution in [0.1, 0.15) is 77.2 Å². The van der Waals surface area contributed by atoms with Crippen LogP contribution in [-0.4, -0.2) is 12.4 Å². The highest BCUT2D eigenvalue weighted by Gasteiger charge is 2.11. The standard InChI is InChI=1S/C19H30O2/c1-4-7-8-15-21-19-13-10-17(11-14-19)16(5-2)9-12-18(20)6-3/h10-11,13-14,16H,4-9,12,15H2,1-3H3. The molecule has 2 heteroatoms.